The van der Waals surface area contributed by atoms with Crippen LogP contribution < -0.4 is 0 Å². The van der Waals surface area contributed by atoms with Gasteiger partial charge in [0.25, 0.3) is 0 Å². The molecule has 1 aliphatic rings. The van der Waals surface area contributed by atoms with E-state index in [1.54, 1.807) is 0 Å². The Morgan fingerprint density at radius 3 is 2.31 bits per heavy atom. The molecule has 0 aliphatic heterocycles. The van der Waals surface area contributed by atoms with E-state index in [0.717, 1.165) is 12.3 Å². The minimum Gasteiger partial charge on any atom is -0.292 e. The summed E-state index contributed by atoms with van der Waals surface area (Å²) in [5.74, 6) is 1.79. The standard InChI is InChI=1S/C22H33F3O/c1-2-3-5-9-18-13-15-20(16-14-18)21(19-10-6-4-7-11-19)12-8-17-26-22(23,24)25/h4,6-7,10-11,18,20-21H,2-3,5,8-9,12-17H2,1H3. The number of ether oxygens (including phenoxy) is 1. The largest absolute Gasteiger partial charge is 0.522 e. The van der Waals surface area contributed by atoms with E-state index in [9.17, 15) is 13.2 Å². The molecule has 1 unspecified atom stereocenters. The van der Waals surface area contributed by atoms with Gasteiger partial charge in [0.05, 0.1) is 6.61 Å². The van der Waals surface area contributed by atoms with Crippen molar-refractivity contribution in [3.05, 3.63) is 35.9 Å². The van der Waals surface area contributed by atoms with Crippen LogP contribution in [0.4, 0.5) is 13.2 Å². The maximum Gasteiger partial charge on any atom is 0.522 e. The van der Waals surface area contributed by atoms with Crippen molar-refractivity contribution in [2.75, 3.05) is 6.61 Å². The first-order valence-corrected chi connectivity index (χ1v) is 10.2. The summed E-state index contributed by atoms with van der Waals surface area (Å²) in [6, 6.07) is 10.3. The van der Waals surface area contributed by atoms with Crippen molar-refractivity contribution < 1.29 is 17.9 Å². The number of rotatable bonds is 10. The first-order chi connectivity index (χ1) is 12.5. The van der Waals surface area contributed by atoms with Gasteiger partial charge in [0.2, 0.25) is 0 Å². The van der Waals surface area contributed by atoms with Crippen LogP contribution in [0.25, 0.3) is 0 Å². The van der Waals surface area contributed by atoms with Crippen LogP contribution in [0.2, 0.25) is 0 Å². The summed E-state index contributed by atoms with van der Waals surface area (Å²) in [5, 5.41) is 0. The van der Waals surface area contributed by atoms with E-state index in [4.69, 9.17) is 0 Å². The fourth-order valence-electron chi connectivity index (χ4n) is 4.43. The fraction of sp³-hybridized carbons (Fsp3) is 0.727. The smallest absolute Gasteiger partial charge is 0.292 e. The summed E-state index contributed by atoms with van der Waals surface area (Å²) in [5.41, 5.74) is 1.27. The monoisotopic (exact) mass is 370 g/mol. The molecule has 1 fully saturated rings. The van der Waals surface area contributed by atoms with Crippen molar-refractivity contribution in [2.24, 2.45) is 11.8 Å². The Balaban J connectivity index is 1.86. The molecule has 0 radical (unpaired) electrons. The second-order valence-corrected chi connectivity index (χ2v) is 7.73. The maximum absolute atomic E-state index is 12.2. The van der Waals surface area contributed by atoms with Crippen molar-refractivity contribution in [1.82, 2.24) is 0 Å². The van der Waals surface area contributed by atoms with Crippen molar-refractivity contribution in [1.29, 1.82) is 0 Å². The van der Waals surface area contributed by atoms with Gasteiger partial charge in [-0.15, -0.1) is 13.2 Å². The average Bonchev–Trinajstić information content (AvgIpc) is 2.63. The minimum atomic E-state index is -4.52. The molecule has 0 spiro atoms. The molecule has 0 amide bonds. The van der Waals surface area contributed by atoms with Crippen molar-refractivity contribution >= 4 is 0 Å². The molecule has 0 heterocycles. The summed E-state index contributed by atoms with van der Waals surface area (Å²) in [6.45, 7) is 2.00. The molecular weight excluding hydrogens is 337 g/mol. The highest BCUT2D eigenvalue weighted by Crippen LogP contribution is 2.41. The molecular formula is C22H33F3O. The van der Waals surface area contributed by atoms with Crippen LogP contribution in [0, 0.1) is 11.8 Å². The highest BCUT2D eigenvalue weighted by Gasteiger charge is 2.30. The Kier molecular flexibility index (Phi) is 8.97. The molecule has 0 aromatic heterocycles. The Labute approximate surface area is 156 Å². The lowest BCUT2D eigenvalue weighted by atomic mass is 9.71. The van der Waals surface area contributed by atoms with E-state index in [1.165, 1.54) is 56.9 Å². The number of alkyl halides is 3. The molecule has 26 heavy (non-hydrogen) atoms. The Morgan fingerprint density at radius 1 is 1.00 bits per heavy atom. The van der Waals surface area contributed by atoms with Gasteiger partial charge in [0, 0.05) is 0 Å². The highest BCUT2D eigenvalue weighted by atomic mass is 19.4. The van der Waals surface area contributed by atoms with Gasteiger partial charge >= 0.3 is 6.36 Å². The number of benzene rings is 1. The van der Waals surface area contributed by atoms with Crippen molar-refractivity contribution in [2.45, 2.75) is 83.4 Å². The zero-order valence-corrected chi connectivity index (χ0v) is 15.9. The SMILES string of the molecule is CCCCCC1CCC(C(CCCOC(F)(F)F)c2ccccc2)CC1. The van der Waals surface area contributed by atoms with Gasteiger partial charge in [-0.25, -0.2) is 0 Å². The summed E-state index contributed by atoms with van der Waals surface area (Å²) < 4.78 is 40.6. The van der Waals surface area contributed by atoms with E-state index in [-0.39, 0.29) is 6.61 Å². The number of unbranched alkanes of at least 4 members (excludes halogenated alkanes) is 2. The molecule has 1 aromatic carbocycles. The van der Waals surface area contributed by atoms with Gasteiger partial charge in [-0.1, -0.05) is 75.8 Å². The third-order valence-electron chi connectivity index (χ3n) is 5.83. The van der Waals surface area contributed by atoms with E-state index >= 15 is 0 Å². The number of hydrogen-bond acceptors (Lipinski definition) is 1. The lowest BCUT2D eigenvalue weighted by molar-refractivity contribution is -0.324. The third kappa shape index (κ3) is 7.69. The van der Waals surface area contributed by atoms with Crippen molar-refractivity contribution in [3.8, 4) is 0 Å². The normalized spacial score (nSPS) is 22.3. The first kappa shape index (κ1) is 21.3. The molecule has 1 aromatic rings. The lowest BCUT2D eigenvalue weighted by Gasteiger charge is -2.34. The quantitative estimate of drug-likeness (QED) is 0.388. The summed E-state index contributed by atoms with van der Waals surface area (Å²) in [7, 11) is 0. The molecule has 4 heteroatoms. The minimum absolute atomic E-state index is 0.237. The zero-order chi connectivity index (χ0) is 18.8. The van der Waals surface area contributed by atoms with Crippen LogP contribution >= 0.6 is 0 Å². The zero-order valence-electron chi connectivity index (χ0n) is 15.9. The second-order valence-electron chi connectivity index (χ2n) is 7.73. The maximum atomic E-state index is 12.2. The van der Waals surface area contributed by atoms with Gasteiger partial charge in [0.15, 0.2) is 0 Å². The summed E-state index contributed by atoms with van der Waals surface area (Å²) >= 11 is 0. The van der Waals surface area contributed by atoms with Crippen LogP contribution in [0.15, 0.2) is 30.3 Å². The molecule has 1 aliphatic carbocycles. The average molecular weight is 370 g/mol. The second kappa shape index (κ2) is 11.0. The van der Waals surface area contributed by atoms with E-state index < -0.39 is 6.36 Å². The van der Waals surface area contributed by atoms with Crippen LogP contribution in [0.1, 0.15) is 82.6 Å². The summed E-state index contributed by atoms with van der Waals surface area (Å²) in [6.07, 6.45) is 6.94. The molecule has 0 saturated heterocycles. The third-order valence-corrected chi connectivity index (χ3v) is 5.83. The molecule has 1 saturated carbocycles. The van der Waals surface area contributed by atoms with Crippen LogP contribution in [-0.2, 0) is 4.74 Å². The van der Waals surface area contributed by atoms with Gasteiger partial charge in [-0.05, 0) is 49.0 Å². The highest BCUT2D eigenvalue weighted by molar-refractivity contribution is 5.20. The number of hydrogen-bond donors (Lipinski definition) is 0. The molecule has 1 atom stereocenters. The Bertz CT molecular complexity index is 478. The van der Waals surface area contributed by atoms with Gasteiger partial charge in [-0.2, -0.15) is 0 Å². The predicted octanol–water partition coefficient (Wildman–Crippen LogP) is 7.47. The van der Waals surface area contributed by atoms with Crippen LogP contribution in [-0.4, -0.2) is 13.0 Å². The summed E-state index contributed by atoms with van der Waals surface area (Å²) in [4.78, 5) is 0. The lowest BCUT2D eigenvalue weighted by Crippen LogP contribution is -2.22. The Hall–Kier alpha value is -1.03. The molecule has 1 nitrogen and oxygen atoms in total. The van der Waals surface area contributed by atoms with Crippen LogP contribution in [0.3, 0.4) is 0 Å². The predicted molar refractivity (Wildman–Crippen MR) is 100 cm³/mol. The van der Waals surface area contributed by atoms with Gasteiger partial charge < -0.3 is 0 Å². The van der Waals surface area contributed by atoms with Crippen LogP contribution in [0.5, 0.6) is 0 Å². The molecule has 0 bridgehead atoms. The van der Waals surface area contributed by atoms with E-state index in [1.807, 2.05) is 18.2 Å². The van der Waals surface area contributed by atoms with Gasteiger partial charge in [-0.3, -0.25) is 4.74 Å². The van der Waals surface area contributed by atoms with E-state index in [0.29, 0.717) is 18.3 Å². The van der Waals surface area contributed by atoms with E-state index in [2.05, 4.69) is 23.8 Å². The molecule has 2 rings (SSSR count). The van der Waals surface area contributed by atoms with Crippen molar-refractivity contribution in [3.63, 3.8) is 0 Å². The topological polar surface area (TPSA) is 9.23 Å². The molecule has 0 N–H and O–H groups in total. The van der Waals surface area contributed by atoms with Gasteiger partial charge in [0.1, 0.15) is 0 Å². The first-order valence-electron chi connectivity index (χ1n) is 10.2. The molecule has 148 valence electrons. The fourth-order valence-corrected chi connectivity index (χ4v) is 4.43. The Morgan fingerprint density at radius 2 is 1.69 bits per heavy atom. The number of halogens is 3.